The zero-order valence-corrected chi connectivity index (χ0v) is 9.25. The second-order valence-electron chi connectivity index (χ2n) is 3.80. The Morgan fingerprint density at radius 2 is 0.944 bits per heavy atom. The third-order valence-electron chi connectivity index (χ3n) is 2.26. The number of aliphatic hydroxyl groups excluding tert-OH is 5. The Labute approximate surface area is 102 Å². The molecule has 0 bridgehead atoms. The molecule has 9 heteroatoms. The van der Waals surface area contributed by atoms with Crippen LogP contribution >= 0.6 is 0 Å². The molecule has 0 aromatic carbocycles. The predicted molar refractivity (Wildman–Crippen MR) is 54.5 cm³/mol. The zero-order chi connectivity index (χ0) is 14.5. The Morgan fingerprint density at radius 1 is 0.667 bits per heavy atom. The standard InChI is InChI=1S/C9H16O9/c10-3(1-5(12)13)7(16)9(18)8(17)4(11)2-6(14)15/h3-4,7-11,16-18H,1-2H2,(H,12,13)(H,14,15). The van der Waals surface area contributed by atoms with Crippen LogP contribution in [0.5, 0.6) is 0 Å². The molecule has 0 radical (unpaired) electrons. The summed E-state index contributed by atoms with van der Waals surface area (Å²) in [5.74, 6) is -2.87. The molecule has 0 amide bonds. The van der Waals surface area contributed by atoms with Crippen molar-refractivity contribution in [2.45, 2.75) is 43.4 Å². The van der Waals surface area contributed by atoms with Crippen LogP contribution in [0.25, 0.3) is 0 Å². The largest absolute Gasteiger partial charge is 0.481 e. The van der Waals surface area contributed by atoms with Crippen molar-refractivity contribution in [3.8, 4) is 0 Å². The molecule has 0 saturated carbocycles. The smallest absolute Gasteiger partial charge is 0.306 e. The molecule has 18 heavy (non-hydrogen) atoms. The molecule has 4 atom stereocenters. The van der Waals surface area contributed by atoms with E-state index in [0.717, 1.165) is 0 Å². The van der Waals surface area contributed by atoms with Crippen LogP contribution in [0.3, 0.4) is 0 Å². The van der Waals surface area contributed by atoms with E-state index in [2.05, 4.69) is 0 Å². The van der Waals surface area contributed by atoms with Gasteiger partial charge in [0.1, 0.15) is 18.3 Å². The van der Waals surface area contributed by atoms with Crippen molar-refractivity contribution >= 4 is 11.9 Å². The summed E-state index contributed by atoms with van der Waals surface area (Å²) in [6.45, 7) is 0. The second kappa shape index (κ2) is 7.24. The molecular formula is C9H16O9. The highest BCUT2D eigenvalue weighted by atomic mass is 16.4. The van der Waals surface area contributed by atoms with Crippen molar-refractivity contribution in [2.24, 2.45) is 0 Å². The number of carboxylic acids is 2. The topological polar surface area (TPSA) is 176 Å². The van der Waals surface area contributed by atoms with Gasteiger partial charge < -0.3 is 35.7 Å². The summed E-state index contributed by atoms with van der Waals surface area (Å²) in [6.07, 6.45) is -11.6. The van der Waals surface area contributed by atoms with Crippen molar-refractivity contribution in [3.63, 3.8) is 0 Å². The molecule has 0 heterocycles. The molecule has 0 aliphatic carbocycles. The molecule has 0 saturated heterocycles. The van der Waals surface area contributed by atoms with E-state index < -0.39 is 55.3 Å². The third kappa shape index (κ3) is 5.38. The van der Waals surface area contributed by atoms with E-state index in [0.29, 0.717) is 0 Å². The molecule has 0 aromatic rings. The molecule has 0 spiro atoms. The van der Waals surface area contributed by atoms with Gasteiger partial charge in [0.05, 0.1) is 25.0 Å². The van der Waals surface area contributed by atoms with E-state index in [4.69, 9.17) is 10.2 Å². The van der Waals surface area contributed by atoms with Gasteiger partial charge in [-0.3, -0.25) is 9.59 Å². The molecular weight excluding hydrogens is 252 g/mol. The summed E-state index contributed by atoms with van der Waals surface area (Å²) in [5, 5.41) is 63.0. The molecule has 0 aliphatic rings. The minimum Gasteiger partial charge on any atom is -0.481 e. The third-order valence-corrected chi connectivity index (χ3v) is 2.26. The molecule has 4 unspecified atom stereocenters. The van der Waals surface area contributed by atoms with E-state index >= 15 is 0 Å². The average molecular weight is 268 g/mol. The maximum Gasteiger partial charge on any atom is 0.306 e. The van der Waals surface area contributed by atoms with Gasteiger partial charge in [-0.1, -0.05) is 0 Å². The zero-order valence-electron chi connectivity index (χ0n) is 9.25. The monoisotopic (exact) mass is 268 g/mol. The molecule has 0 fully saturated rings. The normalized spacial score (nSPS) is 19.6. The van der Waals surface area contributed by atoms with Gasteiger partial charge in [0.2, 0.25) is 0 Å². The number of aliphatic carboxylic acids is 2. The highest BCUT2D eigenvalue weighted by Gasteiger charge is 2.35. The van der Waals surface area contributed by atoms with Gasteiger partial charge in [-0.2, -0.15) is 0 Å². The van der Waals surface area contributed by atoms with Crippen LogP contribution in [0.4, 0.5) is 0 Å². The first-order chi connectivity index (χ1) is 8.16. The van der Waals surface area contributed by atoms with Gasteiger partial charge in [-0.25, -0.2) is 0 Å². The van der Waals surface area contributed by atoms with Crippen LogP contribution < -0.4 is 0 Å². The molecule has 106 valence electrons. The number of aliphatic hydroxyl groups is 5. The molecule has 0 aromatic heterocycles. The summed E-state index contributed by atoms with van der Waals surface area (Å²) in [6, 6.07) is 0. The van der Waals surface area contributed by atoms with Crippen molar-refractivity contribution in [3.05, 3.63) is 0 Å². The Hall–Kier alpha value is -1.26. The maximum atomic E-state index is 10.2. The van der Waals surface area contributed by atoms with Crippen molar-refractivity contribution in [1.29, 1.82) is 0 Å². The predicted octanol–water partition coefficient (Wildman–Crippen LogP) is -3.26. The first kappa shape index (κ1) is 16.7. The molecule has 7 N–H and O–H groups in total. The number of hydrogen-bond donors (Lipinski definition) is 7. The lowest BCUT2D eigenvalue weighted by molar-refractivity contribution is -0.156. The fourth-order valence-corrected chi connectivity index (χ4v) is 1.26. The number of carboxylic acid groups (broad SMARTS) is 2. The number of carbonyl (C=O) groups is 2. The van der Waals surface area contributed by atoms with Crippen LogP contribution in [-0.2, 0) is 9.59 Å². The van der Waals surface area contributed by atoms with Crippen molar-refractivity contribution < 1.29 is 45.3 Å². The maximum absolute atomic E-state index is 10.2. The van der Waals surface area contributed by atoms with Crippen LogP contribution in [0.15, 0.2) is 0 Å². The van der Waals surface area contributed by atoms with Gasteiger partial charge in [0, 0.05) is 0 Å². The summed E-state index contributed by atoms with van der Waals surface area (Å²) in [7, 11) is 0. The number of hydrogen-bond acceptors (Lipinski definition) is 7. The minimum absolute atomic E-state index is 0.875. The van der Waals surface area contributed by atoms with E-state index in [1.165, 1.54) is 0 Å². The molecule has 9 nitrogen and oxygen atoms in total. The summed E-state index contributed by atoms with van der Waals surface area (Å²) < 4.78 is 0. The van der Waals surface area contributed by atoms with Gasteiger partial charge in [-0.15, -0.1) is 0 Å². The summed E-state index contributed by atoms with van der Waals surface area (Å²) >= 11 is 0. The first-order valence-corrected chi connectivity index (χ1v) is 5.00. The van der Waals surface area contributed by atoms with Gasteiger partial charge in [0.15, 0.2) is 0 Å². The Morgan fingerprint density at radius 3 is 1.17 bits per heavy atom. The lowest BCUT2D eigenvalue weighted by atomic mass is 9.96. The Balaban J connectivity index is 4.47. The lowest BCUT2D eigenvalue weighted by Crippen LogP contribution is -2.49. The first-order valence-electron chi connectivity index (χ1n) is 5.00. The Kier molecular flexibility index (Phi) is 6.73. The van der Waals surface area contributed by atoms with Crippen LogP contribution in [-0.4, -0.2) is 78.2 Å². The fraction of sp³-hybridized carbons (Fsp3) is 0.778. The van der Waals surface area contributed by atoms with E-state index in [-0.39, 0.29) is 0 Å². The molecule has 0 rings (SSSR count). The van der Waals surface area contributed by atoms with Crippen molar-refractivity contribution in [1.82, 2.24) is 0 Å². The summed E-state index contributed by atoms with van der Waals surface area (Å²) in [4.78, 5) is 20.5. The van der Waals surface area contributed by atoms with Gasteiger partial charge >= 0.3 is 11.9 Å². The van der Waals surface area contributed by atoms with Crippen LogP contribution in [0.2, 0.25) is 0 Å². The minimum atomic E-state index is -2.08. The van der Waals surface area contributed by atoms with E-state index in [9.17, 15) is 35.1 Å². The average Bonchev–Trinajstić information content (AvgIpc) is 2.24. The highest BCUT2D eigenvalue weighted by molar-refractivity contribution is 5.67. The quantitative estimate of drug-likeness (QED) is 0.238. The number of rotatable bonds is 8. The van der Waals surface area contributed by atoms with Crippen LogP contribution in [0, 0.1) is 0 Å². The van der Waals surface area contributed by atoms with Gasteiger partial charge in [-0.05, 0) is 0 Å². The van der Waals surface area contributed by atoms with Gasteiger partial charge in [0.25, 0.3) is 0 Å². The van der Waals surface area contributed by atoms with E-state index in [1.807, 2.05) is 0 Å². The fourth-order valence-electron chi connectivity index (χ4n) is 1.26. The highest BCUT2D eigenvalue weighted by Crippen LogP contribution is 2.12. The van der Waals surface area contributed by atoms with Crippen molar-refractivity contribution in [2.75, 3.05) is 0 Å². The molecule has 0 aliphatic heterocycles. The SMILES string of the molecule is O=C(O)CC(O)C(O)C(O)C(O)C(O)CC(=O)O. The Bertz CT molecular complexity index is 264. The second-order valence-corrected chi connectivity index (χ2v) is 3.80. The van der Waals surface area contributed by atoms with E-state index in [1.54, 1.807) is 0 Å². The lowest BCUT2D eigenvalue weighted by Gasteiger charge is -2.28. The summed E-state index contributed by atoms with van der Waals surface area (Å²) in [5.41, 5.74) is 0. The van der Waals surface area contributed by atoms with Crippen LogP contribution in [0.1, 0.15) is 12.8 Å².